The van der Waals surface area contributed by atoms with Gasteiger partial charge in [-0.25, -0.2) is 0 Å². The maximum Gasteiger partial charge on any atom is 0.234 e. The zero-order valence-electron chi connectivity index (χ0n) is 10.5. The molecule has 4 heteroatoms. The van der Waals surface area contributed by atoms with Gasteiger partial charge in [0, 0.05) is 11.6 Å². The van der Waals surface area contributed by atoms with Gasteiger partial charge in [-0.1, -0.05) is 23.7 Å². The number of amides is 1. The van der Waals surface area contributed by atoms with E-state index in [9.17, 15) is 4.79 Å². The summed E-state index contributed by atoms with van der Waals surface area (Å²) in [5, 5.41) is 3.71. The van der Waals surface area contributed by atoms with Crippen LogP contribution in [0.3, 0.4) is 0 Å². The molecule has 18 heavy (non-hydrogen) atoms. The molecule has 1 aliphatic rings. The van der Waals surface area contributed by atoms with Gasteiger partial charge >= 0.3 is 0 Å². The minimum Gasteiger partial charge on any atom is -0.355 e. The summed E-state index contributed by atoms with van der Waals surface area (Å²) in [6.45, 7) is 3.35. The molecule has 0 spiro atoms. The van der Waals surface area contributed by atoms with Crippen LogP contribution in [0.4, 0.5) is 0 Å². The molecule has 1 N–H and O–H groups in total. The SMILES string of the molecule is O=C(CN1CCCC1)NCCc1ccc(Cl)cc1. The molecule has 1 amide bonds. The number of hydrogen-bond donors (Lipinski definition) is 1. The van der Waals surface area contributed by atoms with Crippen LogP contribution in [-0.4, -0.2) is 37.0 Å². The average Bonchev–Trinajstić information content (AvgIpc) is 2.84. The minimum atomic E-state index is 0.130. The van der Waals surface area contributed by atoms with E-state index < -0.39 is 0 Å². The van der Waals surface area contributed by atoms with Crippen molar-refractivity contribution in [1.29, 1.82) is 0 Å². The molecule has 0 atom stereocenters. The molecule has 1 aliphatic heterocycles. The Morgan fingerprint density at radius 1 is 1.22 bits per heavy atom. The number of nitrogens with zero attached hydrogens (tertiary/aromatic N) is 1. The fourth-order valence-electron chi connectivity index (χ4n) is 2.20. The van der Waals surface area contributed by atoms with Crippen LogP contribution in [0.15, 0.2) is 24.3 Å². The fraction of sp³-hybridized carbons (Fsp3) is 0.500. The van der Waals surface area contributed by atoms with Gasteiger partial charge in [-0.15, -0.1) is 0 Å². The van der Waals surface area contributed by atoms with Crippen molar-refractivity contribution in [3.8, 4) is 0 Å². The molecule has 1 saturated heterocycles. The molecule has 98 valence electrons. The highest BCUT2D eigenvalue weighted by atomic mass is 35.5. The summed E-state index contributed by atoms with van der Waals surface area (Å²) in [4.78, 5) is 13.9. The molecule has 0 aromatic heterocycles. The second-order valence-electron chi connectivity index (χ2n) is 4.71. The summed E-state index contributed by atoms with van der Waals surface area (Å²) < 4.78 is 0. The normalized spacial score (nSPS) is 15.8. The number of carbonyl (C=O) groups excluding carboxylic acids is 1. The Balaban J connectivity index is 1.65. The fourth-order valence-corrected chi connectivity index (χ4v) is 2.32. The van der Waals surface area contributed by atoms with Crippen molar-refractivity contribution < 1.29 is 4.79 Å². The molecule has 0 aliphatic carbocycles. The quantitative estimate of drug-likeness (QED) is 0.885. The van der Waals surface area contributed by atoms with E-state index in [0.29, 0.717) is 13.1 Å². The molecule has 0 saturated carbocycles. The van der Waals surface area contributed by atoms with Crippen molar-refractivity contribution in [2.24, 2.45) is 0 Å². The standard InChI is InChI=1S/C14H19ClN2O/c15-13-5-3-12(4-6-13)7-8-16-14(18)11-17-9-1-2-10-17/h3-6H,1-2,7-11H2,(H,16,18). The second kappa shape index (κ2) is 6.76. The van der Waals surface area contributed by atoms with Crippen molar-refractivity contribution in [2.45, 2.75) is 19.3 Å². The highest BCUT2D eigenvalue weighted by molar-refractivity contribution is 6.30. The smallest absolute Gasteiger partial charge is 0.234 e. The lowest BCUT2D eigenvalue weighted by atomic mass is 10.1. The van der Waals surface area contributed by atoms with E-state index in [4.69, 9.17) is 11.6 Å². The molecule has 0 radical (unpaired) electrons. The van der Waals surface area contributed by atoms with Gasteiger partial charge in [-0.05, 0) is 50.0 Å². The van der Waals surface area contributed by atoms with Crippen LogP contribution in [0, 0.1) is 0 Å². The zero-order chi connectivity index (χ0) is 12.8. The van der Waals surface area contributed by atoms with E-state index in [1.807, 2.05) is 24.3 Å². The Labute approximate surface area is 113 Å². The third kappa shape index (κ3) is 4.31. The third-order valence-electron chi connectivity index (χ3n) is 3.21. The first-order valence-electron chi connectivity index (χ1n) is 6.47. The first kappa shape index (κ1) is 13.4. The lowest BCUT2D eigenvalue weighted by molar-refractivity contribution is -0.121. The molecular formula is C14H19ClN2O. The van der Waals surface area contributed by atoms with Crippen molar-refractivity contribution in [1.82, 2.24) is 10.2 Å². The molecule has 3 nitrogen and oxygen atoms in total. The van der Waals surface area contributed by atoms with Crippen molar-refractivity contribution >= 4 is 17.5 Å². The largest absolute Gasteiger partial charge is 0.355 e. The minimum absolute atomic E-state index is 0.130. The summed E-state index contributed by atoms with van der Waals surface area (Å²) >= 11 is 5.82. The number of hydrogen-bond acceptors (Lipinski definition) is 2. The van der Waals surface area contributed by atoms with Gasteiger partial charge in [0.05, 0.1) is 6.54 Å². The van der Waals surface area contributed by atoms with Crippen LogP contribution < -0.4 is 5.32 Å². The number of carbonyl (C=O) groups is 1. The number of benzene rings is 1. The predicted octanol–water partition coefficient (Wildman–Crippen LogP) is 2.09. The van der Waals surface area contributed by atoms with Gasteiger partial charge in [0.15, 0.2) is 0 Å². The van der Waals surface area contributed by atoms with Crippen molar-refractivity contribution in [3.05, 3.63) is 34.9 Å². The van der Waals surface area contributed by atoms with Crippen molar-refractivity contribution in [3.63, 3.8) is 0 Å². The first-order valence-corrected chi connectivity index (χ1v) is 6.85. The second-order valence-corrected chi connectivity index (χ2v) is 5.15. The van der Waals surface area contributed by atoms with Crippen LogP contribution in [-0.2, 0) is 11.2 Å². The van der Waals surface area contributed by atoms with E-state index in [1.165, 1.54) is 18.4 Å². The van der Waals surface area contributed by atoms with Crippen LogP contribution in [0.1, 0.15) is 18.4 Å². The maximum atomic E-state index is 11.7. The van der Waals surface area contributed by atoms with Crippen LogP contribution in [0.25, 0.3) is 0 Å². The Bertz CT molecular complexity index is 385. The van der Waals surface area contributed by atoms with Gasteiger partial charge in [-0.3, -0.25) is 9.69 Å². The van der Waals surface area contributed by atoms with E-state index in [-0.39, 0.29) is 5.91 Å². The average molecular weight is 267 g/mol. The topological polar surface area (TPSA) is 32.3 Å². The summed E-state index contributed by atoms with van der Waals surface area (Å²) in [7, 11) is 0. The maximum absolute atomic E-state index is 11.7. The Kier molecular flexibility index (Phi) is 5.02. The van der Waals surface area contributed by atoms with Crippen LogP contribution in [0.5, 0.6) is 0 Å². The van der Waals surface area contributed by atoms with Gasteiger partial charge < -0.3 is 5.32 Å². The summed E-state index contributed by atoms with van der Waals surface area (Å²) in [5.74, 6) is 0.130. The lowest BCUT2D eigenvalue weighted by Crippen LogP contribution is -2.36. The summed E-state index contributed by atoms with van der Waals surface area (Å²) in [6, 6.07) is 7.75. The third-order valence-corrected chi connectivity index (χ3v) is 3.47. The summed E-state index contributed by atoms with van der Waals surface area (Å²) in [5.41, 5.74) is 1.20. The molecule has 0 unspecified atom stereocenters. The number of nitrogens with one attached hydrogen (secondary N) is 1. The van der Waals surface area contributed by atoms with Crippen LogP contribution >= 0.6 is 11.6 Å². The molecular weight excluding hydrogens is 248 g/mol. The highest BCUT2D eigenvalue weighted by Gasteiger charge is 2.14. The summed E-state index contributed by atoms with van der Waals surface area (Å²) in [6.07, 6.45) is 3.29. The zero-order valence-corrected chi connectivity index (χ0v) is 11.2. The highest BCUT2D eigenvalue weighted by Crippen LogP contribution is 2.09. The molecule has 1 heterocycles. The number of rotatable bonds is 5. The van der Waals surface area contributed by atoms with Gasteiger partial charge in [0.25, 0.3) is 0 Å². The Hall–Kier alpha value is -1.06. The molecule has 1 aromatic carbocycles. The molecule has 1 fully saturated rings. The van der Waals surface area contributed by atoms with E-state index in [0.717, 1.165) is 24.5 Å². The monoisotopic (exact) mass is 266 g/mol. The van der Waals surface area contributed by atoms with E-state index in [1.54, 1.807) is 0 Å². The first-order chi connectivity index (χ1) is 8.74. The molecule has 2 rings (SSSR count). The number of halogens is 1. The molecule has 0 bridgehead atoms. The molecule has 1 aromatic rings. The van der Waals surface area contributed by atoms with Crippen LogP contribution in [0.2, 0.25) is 5.02 Å². The lowest BCUT2D eigenvalue weighted by Gasteiger charge is -2.14. The predicted molar refractivity (Wildman–Crippen MR) is 73.8 cm³/mol. The van der Waals surface area contributed by atoms with Gasteiger partial charge in [-0.2, -0.15) is 0 Å². The number of likely N-dealkylation sites (tertiary alicyclic amines) is 1. The Morgan fingerprint density at radius 2 is 1.89 bits per heavy atom. The Morgan fingerprint density at radius 3 is 2.56 bits per heavy atom. The van der Waals surface area contributed by atoms with Gasteiger partial charge in [0.1, 0.15) is 0 Å². The van der Waals surface area contributed by atoms with E-state index in [2.05, 4.69) is 10.2 Å². The van der Waals surface area contributed by atoms with Gasteiger partial charge in [0.2, 0.25) is 5.91 Å². The van der Waals surface area contributed by atoms with Crippen molar-refractivity contribution in [2.75, 3.05) is 26.2 Å². The van der Waals surface area contributed by atoms with E-state index >= 15 is 0 Å².